The smallest absolute Gasteiger partial charge is 0.229 e. The number of piperidine rings is 4. The molecule has 52 heavy (non-hydrogen) atoms. The summed E-state index contributed by atoms with van der Waals surface area (Å²) in [5.74, 6) is -0.0850. The van der Waals surface area contributed by atoms with Gasteiger partial charge in [-0.25, -0.2) is 4.74 Å². The molecule has 4 fully saturated rings. The third-order valence-electron chi connectivity index (χ3n) is 12.1. The molecule has 0 unspecified atom stereocenters. The van der Waals surface area contributed by atoms with E-state index in [0.717, 1.165) is 51.4 Å². The van der Waals surface area contributed by atoms with Gasteiger partial charge in [-0.3, -0.25) is 9.59 Å². The average molecular weight is 730 g/mol. The number of amides is 2. The predicted molar refractivity (Wildman–Crippen MR) is 215 cm³/mol. The summed E-state index contributed by atoms with van der Waals surface area (Å²) < 4.78 is 0.644. The number of carbonyl (C=O) groups excluding carboxylic acids is 2. The van der Waals surface area contributed by atoms with Gasteiger partial charge in [0, 0.05) is 68.5 Å². The maximum absolute atomic E-state index is 14.9. The van der Waals surface area contributed by atoms with Crippen LogP contribution in [0.25, 0.3) is 0 Å². The Balaban J connectivity index is 1.69. The van der Waals surface area contributed by atoms with Gasteiger partial charge in [0.2, 0.25) is 11.8 Å². The van der Waals surface area contributed by atoms with E-state index in [1.54, 1.807) is 0 Å². The fourth-order valence-electron chi connectivity index (χ4n) is 12.2. The molecule has 4 N–H and O–H groups in total. The van der Waals surface area contributed by atoms with E-state index in [9.17, 15) is 14.8 Å². The Bertz CT molecular complexity index is 1110. The first kappa shape index (κ1) is 43.0. The van der Waals surface area contributed by atoms with Crippen molar-refractivity contribution in [1.29, 1.82) is 0 Å². The van der Waals surface area contributed by atoms with Gasteiger partial charge < -0.3 is 36.3 Å². The van der Waals surface area contributed by atoms with Crippen LogP contribution in [0.2, 0.25) is 0 Å². The lowest BCUT2D eigenvalue weighted by atomic mass is 9.75. The molecule has 0 atom stereocenters. The summed E-state index contributed by atoms with van der Waals surface area (Å²) in [4.78, 5) is 34.2. The van der Waals surface area contributed by atoms with Crippen LogP contribution in [0.5, 0.6) is 0 Å². The molecule has 300 valence electrons. The van der Waals surface area contributed by atoms with Gasteiger partial charge in [-0.1, -0.05) is 0 Å². The van der Waals surface area contributed by atoms with Crippen LogP contribution in [0.3, 0.4) is 0 Å². The van der Waals surface area contributed by atoms with Crippen LogP contribution in [0.15, 0.2) is 0 Å². The zero-order valence-electron chi connectivity index (χ0n) is 36.2. The number of hydrogen-bond acceptors (Lipinski definition) is 7. The Kier molecular flexibility index (Phi) is 11.6. The highest BCUT2D eigenvalue weighted by molar-refractivity contribution is 5.81. The maximum atomic E-state index is 14.9. The van der Waals surface area contributed by atoms with Crippen LogP contribution < -0.4 is 21.3 Å². The molecule has 0 aromatic heterocycles. The Labute approximate surface area is 318 Å². The lowest BCUT2D eigenvalue weighted by Crippen LogP contribution is -2.68. The number of nitrogens with zero attached hydrogens (tertiary/aromatic N) is 3. The van der Waals surface area contributed by atoms with Gasteiger partial charge in [0.25, 0.3) is 0 Å². The first-order valence-corrected chi connectivity index (χ1v) is 20.3. The van der Waals surface area contributed by atoms with E-state index in [0.29, 0.717) is 4.74 Å². The van der Waals surface area contributed by atoms with E-state index in [1.807, 2.05) is 0 Å². The highest BCUT2D eigenvalue weighted by Gasteiger charge is 2.50. The zero-order chi connectivity index (χ0) is 39.7. The number of rotatable bonds is 9. The monoisotopic (exact) mass is 730 g/mol. The molecule has 0 bridgehead atoms. The lowest BCUT2D eigenvalue weighted by molar-refractivity contribution is -0.491. The molecule has 4 aliphatic heterocycles. The second-order valence-corrected chi connectivity index (χ2v) is 22.9. The molecule has 0 saturated carbocycles. The molecule has 0 aromatic carbocycles. The molecule has 10 nitrogen and oxygen atoms in total. The topological polar surface area (TPSA) is 115 Å². The van der Waals surface area contributed by atoms with Gasteiger partial charge in [0.15, 0.2) is 6.04 Å². The number of carbonyl (C=O) groups is 2. The summed E-state index contributed by atoms with van der Waals surface area (Å²) in [5, 5.41) is 28.6. The van der Waals surface area contributed by atoms with Crippen molar-refractivity contribution in [3.8, 4) is 0 Å². The number of hydroxylamine groups is 1. The van der Waals surface area contributed by atoms with Crippen LogP contribution in [0, 0.1) is 5.21 Å². The first-order valence-electron chi connectivity index (χ1n) is 20.3. The molecule has 0 radical (unpaired) electrons. The van der Waals surface area contributed by atoms with Crippen LogP contribution in [-0.4, -0.2) is 108 Å². The van der Waals surface area contributed by atoms with Gasteiger partial charge in [0.1, 0.15) is 6.72 Å². The fraction of sp³-hybridized carbons (Fsp3) is 0.929. The van der Waals surface area contributed by atoms with E-state index in [4.69, 9.17) is 0 Å². The Morgan fingerprint density at radius 1 is 0.500 bits per heavy atom. The maximum Gasteiger partial charge on any atom is 0.229 e. The van der Waals surface area contributed by atoms with Crippen LogP contribution >= 0.6 is 0 Å². The third kappa shape index (κ3) is 11.2. The summed E-state index contributed by atoms with van der Waals surface area (Å²) in [6.07, 6.45) is 6.48. The Morgan fingerprint density at radius 2 is 0.673 bits per heavy atom. The van der Waals surface area contributed by atoms with Gasteiger partial charge in [-0.15, -0.1) is 0 Å². The quantitative estimate of drug-likeness (QED) is 0.0962. The highest BCUT2D eigenvalue weighted by atomic mass is 16.5. The molecular formula is C42H79N7O3. The normalized spacial score (nSPS) is 28.2. The van der Waals surface area contributed by atoms with Crippen molar-refractivity contribution in [3.63, 3.8) is 0 Å². The molecule has 4 heterocycles. The second-order valence-electron chi connectivity index (χ2n) is 22.9. The molecule has 4 aliphatic rings. The molecule has 0 aromatic rings. The van der Waals surface area contributed by atoms with Crippen LogP contribution in [-0.2, 0) is 9.59 Å². The second kappa shape index (κ2) is 14.1. The Hall–Kier alpha value is -1.75. The average Bonchev–Trinajstić information content (AvgIpc) is 2.80. The SMILES string of the molecule is C=[N+]([O-])C(CC(=O)N(C1CC(C)(C)NC(C)(C)C1)C1CC(C)(C)NC(C)(C)C1)CC(=O)N(C1CC(C)(C)NC(C)(C)C1)C1CC(C)(C)NC(C)(C)C1. The van der Waals surface area contributed by atoms with Gasteiger partial charge >= 0.3 is 0 Å². The predicted octanol–water partition coefficient (Wildman–Crippen LogP) is 6.24. The van der Waals surface area contributed by atoms with E-state index < -0.39 is 6.04 Å². The van der Waals surface area contributed by atoms with Crippen molar-refractivity contribution in [1.82, 2.24) is 31.1 Å². The van der Waals surface area contributed by atoms with Crippen molar-refractivity contribution in [2.45, 2.75) is 250 Å². The third-order valence-corrected chi connectivity index (χ3v) is 12.1. The van der Waals surface area contributed by atoms with Crippen molar-refractivity contribution in [3.05, 3.63) is 5.21 Å². The van der Waals surface area contributed by atoms with Crippen LogP contribution in [0.1, 0.15) is 175 Å². The van der Waals surface area contributed by atoms with E-state index in [1.165, 1.54) is 0 Å². The standard InChI is InChI=1S/C42H79N7O3/c1-35(2)20-29(21-36(3,4)43-35)48(30-22-37(5,6)44-38(7,8)23-30)33(50)18-28(47(17)52)19-34(51)49(31-24-39(9,10)45-40(11,12)25-31)32-26-41(13,14)46-42(15,16)27-32/h28-32,43-46H,17-27H2,1-16H3. The van der Waals surface area contributed by atoms with E-state index >= 15 is 0 Å². The summed E-state index contributed by atoms with van der Waals surface area (Å²) in [7, 11) is 0. The fourth-order valence-corrected chi connectivity index (χ4v) is 12.2. The first-order chi connectivity index (χ1) is 23.2. The summed E-state index contributed by atoms with van der Waals surface area (Å²) in [5.41, 5.74) is -1.31. The van der Waals surface area contributed by atoms with E-state index in [2.05, 4.69) is 149 Å². The van der Waals surface area contributed by atoms with Gasteiger partial charge in [-0.05, 0) is 162 Å². The minimum Gasteiger partial charge on any atom is -0.624 e. The minimum atomic E-state index is -0.860. The Morgan fingerprint density at radius 3 is 0.827 bits per heavy atom. The molecule has 0 aliphatic carbocycles. The highest BCUT2D eigenvalue weighted by Crippen LogP contribution is 2.41. The molecule has 2 amide bonds. The molecule has 4 saturated heterocycles. The summed E-state index contributed by atoms with van der Waals surface area (Å²) in [6.45, 7) is 39.3. The summed E-state index contributed by atoms with van der Waals surface area (Å²) in [6, 6.07) is -0.843. The number of hydrogen-bond donors (Lipinski definition) is 4. The van der Waals surface area contributed by atoms with Crippen molar-refractivity contribution < 1.29 is 14.3 Å². The zero-order valence-corrected chi connectivity index (χ0v) is 36.2. The molecule has 10 heteroatoms. The molecule has 0 spiro atoms. The number of nitrogens with one attached hydrogen (secondary N) is 4. The van der Waals surface area contributed by atoms with Crippen molar-refractivity contribution in [2.24, 2.45) is 0 Å². The van der Waals surface area contributed by atoms with Gasteiger partial charge in [-0.2, -0.15) is 0 Å². The van der Waals surface area contributed by atoms with Crippen molar-refractivity contribution >= 4 is 18.5 Å². The lowest BCUT2D eigenvalue weighted by Gasteiger charge is -2.55. The van der Waals surface area contributed by atoms with Gasteiger partial charge in [0.05, 0.1) is 12.8 Å². The molecule has 4 rings (SSSR count). The van der Waals surface area contributed by atoms with Crippen LogP contribution in [0.4, 0.5) is 0 Å². The van der Waals surface area contributed by atoms with Crippen molar-refractivity contribution in [2.75, 3.05) is 0 Å². The minimum absolute atomic E-state index is 0.00428. The molecular weight excluding hydrogens is 651 g/mol. The van der Waals surface area contributed by atoms with E-state index in [-0.39, 0.29) is 93.1 Å². The summed E-state index contributed by atoms with van der Waals surface area (Å²) >= 11 is 0. The largest absolute Gasteiger partial charge is 0.624 e.